The summed E-state index contributed by atoms with van der Waals surface area (Å²) < 4.78 is 1.82. The standard InChI is InChI=1S/C16H21N3O/c1-11(2)9-17-16(20)14-10-18-19(13(14)4)15-8-6-5-7-12(15)3/h5-8,10-11H,9H2,1-4H3,(H,17,20). The fraction of sp³-hybridized carbons (Fsp3) is 0.375. The first kappa shape index (κ1) is 14.3. The Morgan fingerprint density at radius 3 is 2.65 bits per heavy atom. The Hall–Kier alpha value is -2.10. The van der Waals surface area contributed by atoms with E-state index in [1.165, 1.54) is 0 Å². The number of hydrogen-bond acceptors (Lipinski definition) is 2. The number of aromatic nitrogens is 2. The third kappa shape index (κ3) is 2.90. The van der Waals surface area contributed by atoms with E-state index in [0.717, 1.165) is 16.9 Å². The molecule has 0 unspecified atom stereocenters. The molecule has 2 rings (SSSR count). The Morgan fingerprint density at radius 1 is 1.30 bits per heavy atom. The average molecular weight is 271 g/mol. The van der Waals surface area contributed by atoms with Crippen molar-refractivity contribution in [3.8, 4) is 5.69 Å². The molecule has 106 valence electrons. The van der Waals surface area contributed by atoms with Crippen LogP contribution in [0, 0.1) is 19.8 Å². The zero-order valence-electron chi connectivity index (χ0n) is 12.5. The first-order valence-electron chi connectivity index (χ1n) is 6.89. The SMILES string of the molecule is Cc1ccccc1-n1ncc(C(=O)NCC(C)C)c1C. The van der Waals surface area contributed by atoms with Crippen LogP contribution < -0.4 is 5.32 Å². The molecule has 1 aromatic carbocycles. The van der Waals surface area contributed by atoms with E-state index in [1.54, 1.807) is 6.20 Å². The summed E-state index contributed by atoms with van der Waals surface area (Å²) in [4.78, 5) is 12.1. The van der Waals surface area contributed by atoms with Crippen LogP contribution in [0.25, 0.3) is 5.69 Å². The van der Waals surface area contributed by atoms with Gasteiger partial charge in [-0.3, -0.25) is 4.79 Å². The molecule has 1 aromatic heterocycles. The van der Waals surface area contributed by atoms with Crippen LogP contribution in [0.2, 0.25) is 0 Å². The maximum absolute atomic E-state index is 12.1. The van der Waals surface area contributed by atoms with Gasteiger partial charge in [-0.1, -0.05) is 32.0 Å². The highest BCUT2D eigenvalue weighted by Crippen LogP contribution is 2.17. The number of nitrogens with zero attached hydrogens (tertiary/aromatic N) is 2. The number of carbonyl (C=O) groups is 1. The van der Waals surface area contributed by atoms with E-state index in [0.29, 0.717) is 18.0 Å². The molecule has 0 atom stereocenters. The van der Waals surface area contributed by atoms with Gasteiger partial charge in [0.05, 0.1) is 23.1 Å². The molecule has 1 heterocycles. The summed E-state index contributed by atoms with van der Waals surface area (Å²) in [6.45, 7) is 8.78. The first-order chi connectivity index (χ1) is 9.50. The van der Waals surface area contributed by atoms with Gasteiger partial charge in [-0.25, -0.2) is 4.68 Å². The smallest absolute Gasteiger partial charge is 0.254 e. The molecule has 0 aliphatic carbocycles. The molecule has 0 aliphatic heterocycles. The Kier molecular flexibility index (Phi) is 4.23. The molecule has 0 radical (unpaired) electrons. The van der Waals surface area contributed by atoms with Crippen LogP contribution in [0.15, 0.2) is 30.5 Å². The summed E-state index contributed by atoms with van der Waals surface area (Å²) in [6.07, 6.45) is 1.64. The predicted octanol–water partition coefficient (Wildman–Crippen LogP) is 2.87. The minimum atomic E-state index is -0.0592. The molecule has 0 saturated carbocycles. The minimum absolute atomic E-state index is 0.0592. The minimum Gasteiger partial charge on any atom is -0.352 e. The number of nitrogens with one attached hydrogen (secondary N) is 1. The summed E-state index contributed by atoms with van der Waals surface area (Å²) in [5, 5.41) is 7.28. The number of benzene rings is 1. The fourth-order valence-electron chi connectivity index (χ4n) is 2.07. The van der Waals surface area contributed by atoms with E-state index in [2.05, 4.69) is 24.3 Å². The van der Waals surface area contributed by atoms with E-state index >= 15 is 0 Å². The highest BCUT2D eigenvalue weighted by molar-refractivity contribution is 5.95. The molecular formula is C16H21N3O. The molecule has 1 amide bonds. The molecule has 0 saturated heterocycles. The highest BCUT2D eigenvalue weighted by Gasteiger charge is 2.15. The first-order valence-corrected chi connectivity index (χ1v) is 6.89. The van der Waals surface area contributed by atoms with E-state index < -0.39 is 0 Å². The van der Waals surface area contributed by atoms with Crippen LogP contribution in [0.4, 0.5) is 0 Å². The summed E-state index contributed by atoms with van der Waals surface area (Å²) in [5.74, 6) is 0.377. The molecule has 4 heteroatoms. The molecule has 0 spiro atoms. The van der Waals surface area contributed by atoms with Crippen LogP contribution >= 0.6 is 0 Å². The number of carbonyl (C=O) groups excluding carboxylic acids is 1. The lowest BCUT2D eigenvalue weighted by Gasteiger charge is -2.09. The van der Waals surface area contributed by atoms with Gasteiger partial charge in [-0.15, -0.1) is 0 Å². The van der Waals surface area contributed by atoms with Gasteiger partial charge in [0.25, 0.3) is 5.91 Å². The van der Waals surface area contributed by atoms with Crippen molar-refractivity contribution < 1.29 is 4.79 Å². The Morgan fingerprint density at radius 2 is 2.00 bits per heavy atom. The zero-order valence-corrected chi connectivity index (χ0v) is 12.5. The lowest BCUT2D eigenvalue weighted by atomic mass is 10.2. The van der Waals surface area contributed by atoms with Gasteiger partial charge < -0.3 is 5.32 Å². The quantitative estimate of drug-likeness (QED) is 0.929. The molecule has 0 fully saturated rings. The summed E-state index contributed by atoms with van der Waals surface area (Å²) in [6, 6.07) is 8.01. The van der Waals surface area contributed by atoms with Crippen LogP contribution in [0.3, 0.4) is 0 Å². The highest BCUT2D eigenvalue weighted by atomic mass is 16.1. The molecule has 2 aromatic rings. The lowest BCUT2D eigenvalue weighted by Crippen LogP contribution is -2.27. The van der Waals surface area contributed by atoms with Crippen molar-refractivity contribution >= 4 is 5.91 Å². The van der Waals surface area contributed by atoms with Crippen LogP contribution in [0.1, 0.15) is 35.5 Å². The summed E-state index contributed by atoms with van der Waals surface area (Å²) >= 11 is 0. The second-order valence-electron chi connectivity index (χ2n) is 5.45. The van der Waals surface area contributed by atoms with Crippen LogP contribution in [-0.4, -0.2) is 22.2 Å². The zero-order chi connectivity index (χ0) is 14.7. The van der Waals surface area contributed by atoms with Crippen molar-refractivity contribution in [3.05, 3.63) is 47.3 Å². The van der Waals surface area contributed by atoms with Crippen LogP contribution in [0.5, 0.6) is 0 Å². The maximum Gasteiger partial charge on any atom is 0.254 e. The number of aryl methyl sites for hydroxylation is 1. The summed E-state index contributed by atoms with van der Waals surface area (Å²) in [7, 11) is 0. The van der Waals surface area contributed by atoms with Crippen molar-refractivity contribution in [3.63, 3.8) is 0 Å². The largest absolute Gasteiger partial charge is 0.352 e. The molecular weight excluding hydrogens is 250 g/mol. The van der Waals surface area contributed by atoms with Gasteiger partial charge >= 0.3 is 0 Å². The van der Waals surface area contributed by atoms with E-state index in [9.17, 15) is 4.79 Å². The van der Waals surface area contributed by atoms with Crippen molar-refractivity contribution in [2.45, 2.75) is 27.7 Å². The topological polar surface area (TPSA) is 46.9 Å². The van der Waals surface area contributed by atoms with Gasteiger partial charge in [0.2, 0.25) is 0 Å². The van der Waals surface area contributed by atoms with E-state index in [1.807, 2.05) is 42.8 Å². The van der Waals surface area contributed by atoms with Crippen LogP contribution in [-0.2, 0) is 0 Å². The third-order valence-electron chi connectivity index (χ3n) is 3.27. The van der Waals surface area contributed by atoms with Gasteiger partial charge in [-0.05, 0) is 31.4 Å². The monoisotopic (exact) mass is 271 g/mol. The van der Waals surface area contributed by atoms with Crippen molar-refractivity contribution in [1.29, 1.82) is 0 Å². The van der Waals surface area contributed by atoms with Gasteiger partial charge in [0.15, 0.2) is 0 Å². The molecule has 1 N–H and O–H groups in total. The van der Waals surface area contributed by atoms with Gasteiger partial charge in [-0.2, -0.15) is 5.10 Å². The Bertz CT molecular complexity index is 614. The number of hydrogen-bond donors (Lipinski definition) is 1. The van der Waals surface area contributed by atoms with Gasteiger partial charge in [0, 0.05) is 6.54 Å². The third-order valence-corrected chi connectivity index (χ3v) is 3.27. The molecule has 4 nitrogen and oxygen atoms in total. The van der Waals surface area contributed by atoms with Crippen molar-refractivity contribution in [2.75, 3.05) is 6.54 Å². The fourth-order valence-corrected chi connectivity index (χ4v) is 2.07. The van der Waals surface area contributed by atoms with Crippen molar-refractivity contribution in [2.24, 2.45) is 5.92 Å². The lowest BCUT2D eigenvalue weighted by molar-refractivity contribution is 0.0948. The Labute approximate surface area is 119 Å². The number of para-hydroxylation sites is 1. The van der Waals surface area contributed by atoms with E-state index in [-0.39, 0.29) is 5.91 Å². The molecule has 0 aliphatic rings. The normalized spacial score (nSPS) is 10.8. The second-order valence-corrected chi connectivity index (χ2v) is 5.45. The maximum atomic E-state index is 12.1. The second kappa shape index (κ2) is 5.90. The Balaban J connectivity index is 2.28. The van der Waals surface area contributed by atoms with Gasteiger partial charge in [0.1, 0.15) is 0 Å². The predicted molar refractivity (Wildman–Crippen MR) is 80.2 cm³/mol. The van der Waals surface area contributed by atoms with E-state index in [4.69, 9.17) is 0 Å². The number of rotatable bonds is 4. The average Bonchev–Trinajstić information content (AvgIpc) is 2.78. The molecule has 20 heavy (non-hydrogen) atoms. The van der Waals surface area contributed by atoms with Crippen molar-refractivity contribution in [1.82, 2.24) is 15.1 Å². The summed E-state index contributed by atoms with van der Waals surface area (Å²) in [5.41, 5.74) is 3.63. The molecule has 0 bridgehead atoms. The number of amides is 1.